The Balaban J connectivity index is 1.75. The van der Waals surface area contributed by atoms with Crippen LogP contribution in [0.25, 0.3) is 0 Å². The number of ether oxygens (including phenoxy) is 1. The number of carbonyl (C=O) groups is 1. The van der Waals surface area contributed by atoms with Gasteiger partial charge in [-0.15, -0.1) is 0 Å². The van der Waals surface area contributed by atoms with Crippen LogP contribution in [0.4, 0.5) is 11.6 Å². The molecule has 1 aromatic carbocycles. The number of rotatable bonds is 4. The number of tetrazole rings is 1. The van der Waals surface area contributed by atoms with Gasteiger partial charge >= 0.3 is 11.7 Å². The number of nitro benzene ring substituents is 1. The number of fused-ring (bicyclic) bond motifs is 1. The zero-order valence-electron chi connectivity index (χ0n) is 15.7. The van der Waals surface area contributed by atoms with E-state index in [1.807, 2.05) is 0 Å². The number of hydrogen-bond acceptors (Lipinski definition) is 9. The summed E-state index contributed by atoms with van der Waals surface area (Å²) in [6, 6.07) is 3.12. The third kappa shape index (κ3) is 3.50. The van der Waals surface area contributed by atoms with Crippen molar-refractivity contribution < 1.29 is 19.6 Å². The van der Waals surface area contributed by atoms with Crippen LogP contribution < -0.4 is 5.32 Å². The number of nitrogens with one attached hydrogen (secondary N) is 1. The van der Waals surface area contributed by atoms with Gasteiger partial charge in [0.1, 0.15) is 12.1 Å². The number of anilines is 1. The Kier molecular flexibility index (Phi) is 4.87. The zero-order valence-corrected chi connectivity index (χ0v) is 15.7. The summed E-state index contributed by atoms with van der Waals surface area (Å²) in [5, 5.41) is 35.5. The Morgan fingerprint density at radius 1 is 1.34 bits per heavy atom. The summed E-state index contributed by atoms with van der Waals surface area (Å²) in [5.74, 6) is -0.669. The first kappa shape index (κ1) is 18.8. The molecule has 1 aliphatic heterocycles. The van der Waals surface area contributed by atoms with Gasteiger partial charge in [-0.2, -0.15) is 4.68 Å². The zero-order chi connectivity index (χ0) is 20.5. The molecule has 0 radical (unpaired) electrons. The van der Waals surface area contributed by atoms with E-state index in [9.17, 15) is 20.0 Å². The highest BCUT2D eigenvalue weighted by Gasteiger charge is 2.37. The smallest absolute Gasteiger partial charge is 0.338 e. The molecule has 1 saturated carbocycles. The summed E-state index contributed by atoms with van der Waals surface area (Å²) in [7, 11) is 0. The fraction of sp³-hybridized carbons (Fsp3) is 0.444. The minimum atomic E-state index is -0.823. The Bertz CT molecular complexity index is 994. The van der Waals surface area contributed by atoms with Crippen LogP contribution in [0.2, 0.25) is 0 Å². The lowest BCUT2D eigenvalue weighted by Gasteiger charge is -2.29. The Hall–Kier alpha value is -3.50. The Labute approximate surface area is 165 Å². The minimum Gasteiger partial charge on any atom is -0.502 e. The van der Waals surface area contributed by atoms with Crippen molar-refractivity contribution in [1.82, 2.24) is 20.2 Å². The highest BCUT2D eigenvalue weighted by Crippen LogP contribution is 2.38. The average molecular weight is 400 g/mol. The number of allylic oxidation sites excluding steroid dienone is 1. The van der Waals surface area contributed by atoms with E-state index in [1.54, 1.807) is 6.92 Å². The number of phenolic OH excluding ortho intramolecular Hbond substituents is 1. The lowest BCUT2D eigenvalue weighted by atomic mass is 9.94. The largest absolute Gasteiger partial charge is 0.502 e. The third-order valence-corrected chi connectivity index (χ3v) is 5.27. The van der Waals surface area contributed by atoms with Crippen molar-refractivity contribution in [2.24, 2.45) is 0 Å². The summed E-state index contributed by atoms with van der Waals surface area (Å²) in [4.78, 5) is 23.7. The first-order valence-electron chi connectivity index (χ1n) is 9.39. The van der Waals surface area contributed by atoms with Crippen LogP contribution in [0.1, 0.15) is 50.6 Å². The number of aromatic nitrogens is 4. The highest BCUT2D eigenvalue weighted by atomic mass is 16.6. The Morgan fingerprint density at radius 3 is 2.83 bits per heavy atom. The summed E-state index contributed by atoms with van der Waals surface area (Å²) >= 11 is 0. The molecule has 11 nitrogen and oxygen atoms in total. The average Bonchev–Trinajstić information content (AvgIpc) is 3.16. The molecular formula is C18H20N6O5. The predicted octanol–water partition coefficient (Wildman–Crippen LogP) is 2.45. The molecule has 0 bridgehead atoms. The molecule has 1 aliphatic carbocycles. The van der Waals surface area contributed by atoms with Gasteiger partial charge < -0.3 is 15.2 Å². The molecule has 152 valence electrons. The van der Waals surface area contributed by atoms with Gasteiger partial charge in [0.05, 0.1) is 10.5 Å². The molecule has 1 fully saturated rings. The maximum atomic E-state index is 13.1. The molecule has 1 atom stereocenters. The second kappa shape index (κ2) is 7.49. The predicted molar refractivity (Wildman–Crippen MR) is 100 cm³/mol. The van der Waals surface area contributed by atoms with Crippen molar-refractivity contribution in [3.05, 3.63) is 45.1 Å². The first-order valence-corrected chi connectivity index (χ1v) is 9.39. The minimum absolute atomic E-state index is 0.151. The summed E-state index contributed by atoms with van der Waals surface area (Å²) in [6.07, 6.45) is 4.64. The monoisotopic (exact) mass is 400 g/mol. The topological polar surface area (TPSA) is 145 Å². The number of hydrogen-bond donors (Lipinski definition) is 2. The second-order valence-corrected chi connectivity index (χ2v) is 7.18. The van der Waals surface area contributed by atoms with Gasteiger partial charge in [-0.05, 0) is 54.7 Å². The lowest BCUT2D eigenvalue weighted by Crippen LogP contribution is -2.32. The van der Waals surface area contributed by atoms with Gasteiger partial charge in [0.25, 0.3) is 0 Å². The van der Waals surface area contributed by atoms with Gasteiger partial charge in [-0.1, -0.05) is 17.6 Å². The molecule has 2 N–H and O–H groups in total. The van der Waals surface area contributed by atoms with E-state index in [0.29, 0.717) is 17.2 Å². The van der Waals surface area contributed by atoms with E-state index >= 15 is 0 Å². The van der Waals surface area contributed by atoms with Crippen LogP contribution in [0, 0.1) is 10.1 Å². The first-order chi connectivity index (χ1) is 14.0. The maximum absolute atomic E-state index is 13.1. The van der Waals surface area contributed by atoms with Gasteiger partial charge in [-0.3, -0.25) is 10.1 Å². The van der Waals surface area contributed by atoms with E-state index in [4.69, 9.17) is 4.74 Å². The van der Waals surface area contributed by atoms with Gasteiger partial charge in [0.15, 0.2) is 5.75 Å². The van der Waals surface area contributed by atoms with Crippen LogP contribution in [-0.2, 0) is 9.53 Å². The summed E-state index contributed by atoms with van der Waals surface area (Å²) < 4.78 is 7.12. The van der Waals surface area contributed by atoms with Crippen LogP contribution >= 0.6 is 0 Å². The molecule has 2 aromatic rings. The number of carbonyl (C=O) groups excluding carboxylic acids is 1. The molecule has 0 spiro atoms. The second-order valence-electron chi connectivity index (χ2n) is 7.18. The fourth-order valence-corrected chi connectivity index (χ4v) is 3.84. The van der Waals surface area contributed by atoms with Crippen molar-refractivity contribution in [3.63, 3.8) is 0 Å². The molecule has 11 heteroatoms. The molecular weight excluding hydrogens is 380 g/mol. The molecule has 29 heavy (non-hydrogen) atoms. The molecule has 2 heterocycles. The summed E-state index contributed by atoms with van der Waals surface area (Å²) in [6.45, 7) is 1.71. The van der Waals surface area contributed by atoms with Gasteiger partial charge in [0, 0.05) is 11.8 Å². The standard InChI is InChI=1S/C18H20N6O5/c1-10-15(17(26)29-12-5-3-2-4-6-12)16(23-18(19-10)20-21-22-23)11-7-8-14(25)13(9-11)24(27)28/h7-9,12,16,25H,2-6H2,1H3,(H,19,20,22). The molecule has 1 unspecified atom stereocenters. The molecule has 0 saturated heterocycles. The van der Waals surface area contributed by atoms with E-state index < -0.39 is 28.4 Å². The number of benzene rings is 1. The number of aromatic hydroxyl groups is 1. The fourth-order valence-electron chi connectivity index (χ4n) is 3.84. The van der Waals surface area contributed by atoms with Crippen LogP contribution in [0.15, 0.2) is 29.5 Å². The molecule has 2 aliphatic rings. The van der Waals surface area contributed by atoms with E-state index in [0.717, 1.165) is 32.1 Å². The van der Waals surface area contributed by atoms with Gasteiger partial charge in [0.2, 0.25) is 5.95 Å². The lowest BCUT2D eigenvalue weighted by molar-refractivity contribution is -0.385. The summed E-state index contributed by atoms with van der Waals surface area (Å²) in [5.41, 5.74) is 0.706. The SMILES string of the molecule is CC1=C(C(=O)OC2CCCCC2)C(c2ccc(O)c([N+](=O)[O-])c2)n2nnnc2N1. The number of esters is 1. The number of phenols is 1. The van der Waals surface area contributed by atoms with E-state index in [2.05, 4.69) is 20.8 Å². The normalized spacial score (nSPS) is 19.4. The Morgan fingerprint density at radius 2 is 2.10 bits per heavy atom. The third-order valence-electron chi connectivity index (χ3n) is 5.27. The van der Waals surface area contributed by atoms with Crippen molar-refractivity contribution in [2.45, 2.75) is 51.2 Å². The van der Waals surface area contributed by atoms with Gasteiger partial charge in [-0.25, -0.2) is 4.79 Å². The van der Waals surface area contributed by atoms with E-state index in [-0.39, 0.29) is 11.7 Å². The number of nitrogens with zero attached hydrogens (tertiary/aromatic N) is 5. The number of nitro groups is 1. The quantitative estimate of drug-likeness (QED) is 0.449. The molecule has 0 amide bonds. The van der Waals surface area contributed by atoms with Crippen LogP contribution in [0.5, 0.6) is 5.75 Å². The molecule has 1 aromatic heterocycles. The van der Waals surface area contributed by atoms with Crippen molar-refractivity contribution in [1.29, 1.82) is 0 Å². The maximum Gasteiger partial charge on any atom is 0.338 e. The highest BCUT2D eigenvalue weighted by molar-refractivity contribution is 5.92. The van der Waals surface area contributed by atoms with Crippen LogP contribution in [0.3, 0.4) is 0 Å². The molecule has 4 rings (SSSR count). The van der Waals surface area contributed by atoms with Crippen molar-refractivity contribution in [2.75, 3.05) is 5.32 Å². The van der Waals surface area contributed by atoms with E-state index in [1.165, 1.54) is 22.9 Å². The van der Waals surface area contributed by atoms with Crippen LogP contribution in [-0.4, -0.2) is 42.3 Å². The van der Waals surface area contributed by atoms with Crippen molar-refractivity contribution in [3.8, 4) is 5.75 Å². The van der Waals surface area contributed by atoms with Crippen molar-refractivity contribution >= 4 is 17.6 Å².